The Bertz CT molecular complexity index is 4810. The van der Waals surface area contributed by atoms with Crippen molar-refractivity contribution in [3.05, 3.63) is 359 Å². The third-order valence-electron chi connectivity index (χ3n) is 18.3. The number of aliphatic hydroxyl groups excluding tert-OH is 1. The van der Waals surface area contributed by atoms with Gasteiger partial charge >= 0.3 is 53.7 Å². The van der Waals surface area contributed by atoms with Crippen LogP contribution in [0.2, 0.25) is 0 Å². The van der Waals surface area contributed by atoms with Gasteiger partial charge in [0.25, 0.3) is 0 Å². The Kier molecular flexibility index (Phi) is 26.5. The molecule has 10 aromatic rings. The van der Waals surface area contributed by atoms with Crippen molar-refractivity contribution in [3.8, 4) is 0 Å². The first kappa shape index (κ1) is 78.3. The molecule has 3 heterocycles. The summed E-state index contributed by atoms with van der Waals surface area (Å²) in [5, 5.41) is 12.5. The lowest BCUT2D eigenvalue weighted by atomic mass is 9.94. The topological polar surface area (TPSA) is 312 Å². The standard InChI is InChI=1S/C88H74O25/c89-77(56-33-13-2-14-34-56)100-52-65-69(107-81(93)60-41-21-6-22-42-60)72(74(86(98)103-65)109-83(95)62-45-25-8-26-46-62)112-88-76(111-85(97)64-49-29-10-30-50-64)73(70(108-82(94)61-43-23-7-24-44-61)67(105-88)54-102-79(91)58-37-17-4-18-38-58)113-87-75(110-84(96)63-47-27-9-28-48-63)71(99-51-55-31-11-1-12-32-55)68(106-80(92)59-39-19-5-20-40-59)66(104-87)53-101-78(90)57-35-15-3-16-36-57/h1-50,65-76,86-88,98H,51-54H2/t65-,66-,67-,68+,69+,70+,71+,72+,73+,74-,75-,76-,86-,87-,88+/m1/s1. The molecule has 3 aliphatic heterocycles. The quantitative estimate of drug-likeness (QED) is 0.0352. The Morgan fingerprint density at radius 1 is 0.239 bits per heavy atom. The average molecular weight is 1530 g/mol. The summed E-state index contributed by atoms with van der Waals surface area (Å²) >= 11 is 0. The van der Waals surface area contributed by atoms with E-state index in [0.717, 1.165) is 0 Å². The van der Waals surface area contributed by atoms with Gasteiger partial charge in [-0.25, -0.2) is 43.2 Å². The summed E-state index contributed by atoms with van der Waals surface area (Å²) in [7, 11) is 0. The van der Waals surface area contributed by atoms with Crippen molar-refractivity contribution >= 4 is 53.7 Å². The molecule has 1 N–H and O–H groups in total. The minimum atomic E-state index is -2.35. The fraction of sp³-hybridized carbons (Fsp3) is 0.216. The van der Waals surface area contributed by atoms with Crippen LogP contribution in [0.4, 0.5) is 0 Å². The van der Waals surface area contributed by atoms with Crippen LogP contribution in [-0.2, 0) is 77.7 Å². The molecular weight excluding hydrogens is 1460 g/mol. The van der Waals surface area contributed by atoms with Gasteiger partial charge in [0, 0.05) is 0 Å². The highest BCUT2D eigenvalue weighted by Gasteiger charge is 2.61. The van der Waals surface area contributed by atoms with Gasteiger partial charge in [0.1, 0.15) is 56.4 Å². The van der Waals surface area contributed by atoms with E-state index in [1.807, 2.05) is 0 Å². The maximum Gasteiger partial charge on any atom is 0.338 e. The largest absolute Gasteiger partial charge is 0.459 e. The molecule has 576 valence electrons. The van der Waals surface area contributed by atoms with Crippen LogP contribution in [-0.4, -0.2) is 171 Å². The van der Waals surface area contributed by atoms with Gasteiger partial charge in [0.15, 0.2) is 55.5 Å². The molecule has 0 bridgehead atoms. The van der Waals surface area contributed by atoms with Crippen LogP contribution in [0.1, 0.15) is 98.8 Å². The van der Waals surface area contributed by atoms with Crippen molar-refractivity contribution in [1.29, 1.82) is 0 Å². The first-order valence-electron chi connectivity index (χ1n) is 36.0. The van der Waals surface area contributed by atoms with Crippen LogP contribution in [0.3, 0.4) is 0 Å². The lowest BCUT2D eigenvalue weighted by Gasteiger charge is -2.50. The zero-order valence-electron chi connectivity index (χ0n) is 60.1. The van der Waals surface area contributed by atoms with Gasteiger partial charge in [0.05, 0.1) is 56.7 Å². The fourth-order valence-electron chi connectivity index (χ4n) is 12.7. The minimum absolute atomic E-state index is 0.0273. The second-order valence-electron chi connectivity index (χ2n) is 25.9. The molecule has 0 radical (unpaired) electrons. The molecule has 25 nitrogen and oxygen atoms in total. The third kappa shape index (κ3) is 20.2. The van der Waals surface area contributed by atoms with Crippen LogP contribution in [0.25, 0.3) is 0 Å². The molecular formula is C88H74O25. The number of rotatable bonds is 28. The molecule has 3 aliphatic rings. The molecule has 0 spiro atoms. The molecule has 25 heteroatoms. The number of hydrogen-bond acceptors (Lipinski definition) is 25. The number of carbonyl (C=O) groups is 9. The number of ether oxygens (including phenoxy) is 15. The molecule has 113 heavy (non-hydrogen) atoms. The second kappa shape index (κ2) is 38.2. The lowest BCUT2D eigenvalue weighted by Crippen LogP contribution is -2.69. The predicted molar refractivity (Wildman–Crippen MR) is 397 cm³/mol. The maximum absolute atomic E-state index is 15.5. The van der Waals surface area contributed by atoms with Gasteiger partial charge in [0.2, 0.25) is 0 Å². The highest BCUT2D eigenvalue weighted by Crippen LogP contribution is 2.40. The molecule has 0 unspecified atom stereocenters. The van der Waals surface area contributed by atoms with Crippen molar-refractivity contribution in [2.75, 3.05) is 19.8 Å². The van der Waals surface area contributed by atoms with Crippen molar-refractivity contribution in [1.82, 2.24) is 0 Å². The van der Waals surface area contributed by atoms with Crippen LogP contribution in [0.5, 0.6) is 0 Å². The van der Waals surface area contributed by atoms with Gasteiger partial charge in [-0.05, 0) is 115 Å². The Labute approximate surface area is 647 Å². The van der Waals surface area contributed by atoms with Crippen LogP contribution < -0.4 is 0 Å². The summed E-state index contributed by atoms with van der Waals surface area (Å²) in [5.41, 5.74) is 0.401. The Balaban J connectivity index is 1.01. The van der Waals surface area contributed by atoms with Crippen LogP contribution in [0, 0.1) is 0 Å². The molecule has 0 saturated carbocycles. The highest BCUT2D eigenvalue weighted by molar-refractivity contribution is 5.94. The monoisotopic (exact) mass is 1530 g/mol. The van der Waals surface area contributed by atoms with E-state index in [9.17, 15) is 33.9 Å². The van der Waals surface area contributed by atoms with E-state index < -0.39 is 166 Å². The molecule has 15 atom stereocenters. The first-order chi connectivity index (χ1) is 55.2. The number of esters is 9. The lowest BCUT2D eigenvalue weighted by molar-refractivity contribution is -0.377. The third-order valence-corrected chi connectivity index (χ3v) is 18.3. The van der Waals surface area contributed by atoms with Crippen molar-refractivity contribution in [2.45, 2.75) is 98.7 Å². The second-order valence-corrected chi connectivity index (χ2v) is 25.9. The number of aliphatic hydroxyl groups is 1. The summed E-state index contributed by atoms with van der Waals surface area (Å²) < 4.78 is 98.6. The molecule has 13 rings (SSSR count). The summed E-state index contributed by atoms with van der Waals surface area (Å²) in [6, 6.07) is 77.5. The predicted octanol–water partition coefficient (Wildman–Crippen LogP) is 11.4. The first-order valence-corrected chi connectivity index (χ1v) is 36.0. The summed E-state index contributed by atoms with van der Waals surface area (Å²) in [5.74, 6) is -9.17. The Morgan fingerprint density at radius 2 is 0.451 bits per heavy atom. The van der Waals surface area contributed by atoms with Gasteiger partial charge in [-0.3, -0.25) is 0 Å². The number of benzene rings is 10. The summed E-state index contributed by atoms with van der Waals surface area (Å²) in [4.78, 5) is 133. The Morgan fingerprint density at radius 3 is 0.735 bits per heavy atom. The molecule has 0 amide bonds. The Hall–Kier alpha value is -12.9. The number of carbonyl (C=O) groups excluding carboxylic acids is 9. The molecule has 3 saturated heterocycles. The zero-order chi connectivity index (χ0) is 78.4. The SMILES string of the molecule is O=C(OC[C@H]1O[C@@H](O)[C@H](OC(=O)c2ccccc2)[C@@H](O[C@@H]2O[C@H](COC(=O)c3ccccc3)[C@H](OC(=O)c3ccccc3)[C@H](O[C@H]3O[C@H](COC(=O)c4ccccc4)[C@H](OC(=O)c4ccccc4)[C@H](OCc4ccccc4)[C@H]3OC(=O)c3ccccc3)[C@H]2OC(=O)c2ccccc2)[C@H]1OC(=O)c1ccccc1)c1ccccc1. The van der Waals surface area contributed by atoms with Crippen LogP contribution >= 0.6 is 0 Å². The highest BCUT2D eigenvalue weighted by atomic mass is 16.8. The molecule has 10 aromatic carbocycles. The average Bonchev–Trinajstić information content (AvgIpc) is 0.755. The van der Waals surface area contributed by atoms with E-state index in [0.29, 0.717) is 5.56 Å². The van der Waals surface area contributed by atoms with E-state index in [-0.39, 0.29) is 56.7 Å². The summed E-state index contributed by atoms with van der Waals surface area (Å²) in [6.07, 6.45) is -30.7. The van der Waals surface area contributed by atoms with Gasteiger partial charge in [-0.1, -0.05) is 194 Å². The fourth-order valence-corrected chi connectivity index (χ4v) is 12.7. The smallest absolute Gasteiger partial charge is 0.338 e. The van der Waals surface area contributed by atoms with E-state index in [1.54, 1.807) is 170 Å². The molecule has 0 aliphatic carbocycles. The van der Waals surface area contributed by atoms with E-state index >= 15 is 14.4 Å². The van der Waals surface area contributed by atoms with Crippen LogP contribution in [0.15, 0.2) is 303 Å². The van der Waals surface area contributed by atoms with E-state index in [2.05, 4.69) is 0 Å². The van der Waals surface area contributed by atoms with Crippen molar-refractivity contribution in [2.24, 2.45) is 0 Å². The van der Waals surface area contributed by atoms with E-state index in [1.165, 1.54) is 133 Å². The van der Waals surface area contributed by atoms with E-state index in [4.69, 9.17) is 71.1 Å². The van der Waals surface area contributed by atoms with Crippen molar-refractivity contribution in [3.63, 3.8) is 0 Å². The molecule has 3 fully saturated rings. The molecule has 0 aromatic heterocycles. The van der Waals surface area contributed by atoms with Gasteiger partial charge in [-0.2, -0.15) is 0 Å². The number of hydrogen-bond donors (Lipinski definition) is 1. The normalized spacial score (nSPS) is 23.1. The van der Waals surface area contributed by atoms with Crippen molar-refractivity contribution < 1.29 is 119 Å². The van der Waals surface area contributed by atoms with Gasteiger partial charge in [-0.15, -0.1) is 0 Å². The minimum Gasteiger partial charge on any atom is -0.459 e. The summed E-state index contributed by atoms with van der Waals surface area (Å²) in [6.45, 7) is -2.86. The maximum atomic E-state index is 15.5. The zero-order valence-corrected chi connectivity index (χ0v) is 60.1. The van der Waals surface area contributed by atoms with Gasteiger partial charge < -0.3 is 76.2 Å².